The summed E-state index contributed by atoms with van der Waals surface area (Å²) in [6.45, 7) is 4.21. The highest BCUT2D eigenvalue weighted by Crippen LogP contribution is 2.31. The molecule has 0 unspecified atom stereocenters. The summed E-state index contributed by atoms with van der Waals surface area (Å²) in [7, 11) is 0. The van der Waals surface area contributed by atoms with Gasteiger partial charge in [-0.15, -0.1) is 0 Å². The molecule has 2 aliphatic rings. The first-order valence-electron chi connectivity index (χ1n) is 10.4. The molecule has 4 nitrogen and oxygen atoms in total. The summed E-state index contributed by atoms with van der Waals surface area (Å²) >= 11 is 0. The van der Waals surface area contributed by atoms with Gasteiger partial charge in [0.1, 0.15) is 17.8 Å². The topological polar surface area (TPSA) is 46.1 Å². The first-order chi connectivity index (χ1) is 13.2. The number of anilines is 1. The molecule has 1 aromatic heterocycles. The molecule has 0 saturated heterocycles. The van der Waals surface area contributed by atoms with Crippen molar-refractivity contribution in [3.63, 3.8) is 0 Å². The van der Waals surface area contributed by atoms with E-state index in [1.165, 1.54) is 43.2 Å². The number of fused-ring (bicyclic) bond motifs is 1. The Hall–Kier alpha value is -2.23. The van der Waals surface area contributed by atoms with E-state index in [-0.39, 0.29) is 5.78 Å². The fourth-order valence-electron chi connectivity index (χ4n) is 4.03. The fourth-order valence-corrected chi connectivity index (χ4v) is 4.03. The van der Waals surface area contributed by atoms with Gasteiger partial charge in [-0.3, -0.25) is 4.79 Å². The number of aromatic nitrogens is 2. The summed E-state index contributed by atoms with van der Waals surface area (Å²) in [5.41, 5.74) is 4.52. The van der Waals surface area contributed by atoms with Crippen LogP contribution in [-0.2, 0) is 19.3 Å². The quantitative estimate of drug-likeness (QED) is 0.652. The number of hydrogen-bond acceptors (Lipinski definition) is 4. The zero-order valence-electron chi connectivity index (χ0n) is 16.3. The summed E-state index contributed by atoms with van der Waals surface area (Å²) < 4.78 is 0. The molecule has 0 aliphatic heterocycles. The Morgan fingerprint density at radius 3 is 2.70 bits per heavy atom. The number of hydrogen-bond donors (Lipinski definition) is 0. The van der Waals surface area contributed by atoms with Crippen molar-refractivity contribution in [2.75, 3.05) is 18.0 Å². The van der Waals surface area contributed by atoms with Crippen LogP contribution in [-0.4, -0.2) is 28.8 Å². The minimum atomic E-state index is 0.0808. The zero-order valence-corrected chi connectivity index (χ0v) is 16.3. The smallest absolute Gasteiger partial charge is 0.185 e. The number of benzene rings is 1. The van der Waals surface area contributed by atoms with E-state index in [4.69, 9.17) is 0 Å². The van der Waals surface area contributed by atoms with E-state index in [0.29, 0.717) is 12.1 Å². The first kappa shape index (κ1) is 18.1. The summed E-state index contributed by atoms with van der Waals surface area (Å²) in [6, 6.07) is 8.44. The van der Waals surface area contributed by atoms with E-state index in [1.807, 2.05) is 6.07 Å². The van der Waals surface area contributed by atoms with Gasteiger partial charge in [-0.2, -0.15) is 0 Å². The third-order valence-electron chi connectivity index (χ3n) is 5.71. The Balaban J connectivity index is 1.48. The average Bonchev–Trinajstić information content (AvgIpc) is 3.52. The molecule has 1 fully saturated rings. The lowest BCUT2D eigenvalue weighted by Gasteiger charge is -2.23. The lowest BCUT2D eigenvalue weighted by Crippen LogP contribution is -2.27. The zero-order chi connectivity index (χ0) is 18.6. The summed E-state index contributed by atoms with van der Waals surface area (Å²) in [6.07, 6.45) is 10.5. The van der Waals surface area contributed by atoms with Gasteiger partial charge in [0, 0.05) is 25.6 Å². The van der Waals surface area contributed by atoms with Gasteiger partial charge in [0.25, 0.3) is 0 Å². The van der Waals surface area contributed by atoms with Crippen molar-refractivity contribution in [3.05, 3.63) is 53.0 Å². The second-order valence-corrected chi connectivity index (χ2v) is 8.06. The van der Waals surface area contributed by atoms with Crippen LogP contribution in [0.3, 0.4) is 0 Å². The maximum atomic E-state index is 12.8. The third kappa shape index (κ3) is 4.55. The van der Waals surface area contributed by atoms with Gasteiger partial charge >= 0.3 is 0 Å². The van der Waals surface area contributed by atoms with E-state index in [0.717, 1.165) is 43.2 Å². The lowest BCUT2D eigenvalue weighted by molar-refractivity contribution is 0.0988. The van der Waals surface area contributed by atoms with Crippen molar-refractivity contribution in [2.45, 2.75) is 58.3 Å². The van der Waals surface area contributed by atoms with Crippen molar-refractivity contribution in [1.82, 2.24) is 9.97 Å². The number of carbonyl (C=O) groups excluding carboxylic acids is 1. The minimum absolute atomic E-state index is 0.0808. The van der Waals surface area contributed by atoms with Gasteiger partial charge in [0.2, 0.25) is 0 Å². The number of ketones is 1. The molecule has 0 N–H and O–H groups in total. The number of Topliss-reactive ketones (excluding diaryl/α,β-unsaturated/α-hetero) is 1. The predicted molar refractivity (Wildman–Crippen MR) is 108 cm³/mol. The van der Waals surface area contributed by atoms with E-state index < -0.39 is 0 Å². The predicted octanol–water partition coefficient (Wildman–Crippen LogP) is 4.41. The molecular weight excluding hydrogens is 334 g/mol. The van der Waals surface area contributed by atoms with Crippen molar-refractivity contribution < 1.29 is 4.79 Å². The minimum Gasteiger partial charge on any atom is -0.356 e. The van der Waals surface area contributed by atoms with Gasteiger partial charge in [0.15, 0.2) is 5.78 Å². The Morgan fingerprint density at radius 1 is 1.11 bits per heavy atom. The maximum Gasteiger partial charge on any atom is 0.185 e. The number of aryl methyl sites for hydroxylation is 2. The largest absolute Gasteiger partial charge is 0.356 e. The van der Waals surface area contributed by atoms with Crippen LogP contribution >= 0.6 is 0 Å². The fraction of sp³-hybridized carbons (Fsp3) is 0.522. The molecule has 0 spiro atoms. The Morgan fingerprint density at radius 2 is 1.93 bits per heavy atom. The van der Waals surface area contributed by atoms with Gasteiger partial charge in [-0.05, 0) is 67.6 Å². The van der Waals surface area contributed by atoms with Crippen LogP contribution < -0.4 is 4.90 Å². The molecule has 1 saturated carbocycles. The molecule has 1 aromatic carbocycles. The highest BCUT2D eigenvalue weighted by Gasteiger charge is 2.25. The van der Waals surface area contributed by atoms with Crippen LogP contribution in [0, 0.1) is 5.92 Å². The van der Waals surface area contributed by atoms with Crippen LogP contribution in [0.1, 0.15) is 66.2 Å². The van der Waals surface area contributed by atoms with Crippen molar-refractivity contribution in [3.8, 4) is 0 Å². The van der Waals surface area contributed by atoms with E-state index in [9.17, 15) is 4.79 Å². The first-order valence-corrected chi connectivity index (χ1v) is 10.4. The molecule has 1 heterocycles. The van der Waals surface area contributed by atoms with Crippen molar-refractivity contribution >= 4 is 11.6 Å². The highest BCUT2D eigenvalue weighted by molar-refractivity contribution is 5.96. The van der Waals surface area contributed by atoms with E-state index >= 15 is 0 Å². The number of rotatable bonds is 8. The number of carbonyl (C=O) groups is 1. The monoisotopic (exact) mass is 363 g/mol. The summed E-state index contributed by atoms with van der Waals surface area (Å²) in [4.78, 5) is 23.9. The van der Waals surface area contributed by atoms with Crippen molar-refractivity contribution in [1.29, 1.82) is 0 Å². The van der Waals surface area contributed by atoms with Crippen molar-refractivity contribution in [2.24, 2.45) is 5.92 Å². The highest BCUT2D eigenvalue weighted by atomic mass is 16.1. The molecule has 2 aromatic rings. The van der Waals surface area contributed by atoms with Gasteiger partial charge < -0.3 is 4.90 Å². The maximum absolute atomic E-state index is 12.8. The van der Waals surface area contributed by atoms with E-state index in [2.05, 4.69) is 40.0 Å². The third-order valence-corrected chi connectivity index (χ3v) is 5.71. The van der Waals surface area contributed by atoms with Crippen LogP contribution in [0.25, 0.3) is 0 Å². The molecule has 0 amide bonds. The molecule has 2 aliphatic carbocycles. The molecule has 0 atom stereocenters. The van der Waals surface area contributed by atoms with Gasteiger partial charge in [0.05, 0.1) is 0 Å². The SMILES string of the molecule is CCCN(CC1CC1)c1cc(C(=O)Cc2ccc3c(c2)CCCC3)ncn1. The summed E-state index contributed by atoms with van der Waals surface area (Å²) in [5, 5.41) is 0. The normalized spacial score (nSPS) is 16.0. The molecule has 27 heavy (non-hydrogen) atoms. The Labute approximate surface area is 162 Å². The summed E-state index contributed by atoms with van der Waals surface area (Å²) in [5.74, 6) is 1.77. The van der Waals surface area contributed by atoms with Crippen LogP contribution in [0.2, 0.25) is 0 Å². The Bertz CT molecular complexity index is 813. The molecule has 4 rings (SSSR count). The second-order valence-electron chi connectivity index (χ2n) is 8.06. The molecular formula is C23H29N3O. The van der Waals surface area contributed by atoms with Gasteiger partial charge in [-0.1, -0.05) is 25.1 Å². The van der Waals surface area contributed by atoms with Crippen LogP contribution in [0.15, 0.2) is 30.6 Å². The molecule has 0 radical (unpaired) electrons. The number of nitrogens with zero attached hydrogens (tertiary/aromatic N) is 3. The van der Waals surface area contributed by atoms with Crippen LogP contribution in [0.4, 0.5) is 5.82 Å². The average molecular weight is 364 g/mol. The standard InChI is InChI=1S/C23H29N3O/c1-2-11-26(15-17-7-8-17)23-14-21(24-16-25-23)22(27)13-18-9-10-19-5-3-4-6-20(19)12-18/h9-10,12,14,16-17H,2-8,11,13,15H2,1H3. The molecule has 142 valence electrons. The molecule has 4 heteroatoms. The van der Waals surface area contributed by atoms with Gasteiger partial charge in [-0.25, -0.2) is 9.97 Å². The molecule has 0 bridgehead atoms. The second kappa shape index (κ2) is 8.20. The van der Waals surface area contributed by atoms with E-state index in [1.54, 1.807) is 6.33 Å². The Kier molecular flexibility index (Phi) is 5.51. The lowest BCUT2D eigenvalue weighted by atomic mass is 9.89. The van der Waals surface area contributed by atoms with Crippen LogP contribution in [0.5, 0.6) is 0 Å².